The molecule has 24 heavy (non-hydrogen) atoms. The number of halogens is 1. The van der Waals surface area contributed by atoms with Crippen LogP contribution in [0.4, 0.5) is 15.8 Å². The zero-order valence-electron chi connectivity index (χ0n) is 13.0. The summed E-state index contributed by atoms with van der Waals surface area (Å²) in [6, 6.07) is 5.25. The van der Waals surface area contributed by atoms with Crippen molar-refractivity contribution in [2.75, 3.05) is 29.4 Å². The number of anilines is 2. The third-order valence-electron chi connectivity index (χ3n) is 4.53. The van der Waals surface area contributed by atoms with Gasteiger partial charge in [-0.15, -0.1) is 0 Å². The molecule has 1 unspecified atom stereocenters. The van der Waals surface area contributed by atoms with Gasteiger partial charge in [0.15, 0.2) is 11.6 Å². The number of ether oxygens (including phenoxy) is 1. The second-order valence-electron chi connectivity index (χ2n) is 5.85. The van der Waals surface area contributed by atoms with E-state index in [1.54, 1.807) is 18.5 Å². The van der Waals surface area contributed by atoms with Crippen molar-refractivity contribution in [3.8, 4) is 5.75 Å². The molecule has 126 valence electrons. The van der Waals surface area contributed by atoms with Crippen molar-refractivity contribution in [2.45, 2.75) is 17.4 Å². The first-order chi connectivity index (χ1) is 11.5. The molecule has 2 aliphatic rings. The van der Waals surface area contributed by atoms with E-state index in [4.69, 9.17) is 4.74 Å². The van der Waals surface area contributed by atoms with Crippen molar-refractivity contribution in [1.29, 1.82) is 0 Å². The van der Waals surface area contributed by atoms with E-state index in [0.717, 1.165) is 24.7 Å². The van der Waals surface area contributed by atoms with Gasteiger partial charge in [-0.05, 0) is 30.7 Å². The van der Waals surface area contributed by atoms with E-state index in [0.29, 0.717) is 12.2 Å². The third kappa shape index (κ3) is 2.13. The van der Waals surface area contributed by atoms with Crippen LogP contribution in [0.1, 0.15) is 6.42 Å². The summed E-state index contributed by atoms with van der Waals surface area (Å²) in [4.78, 5) is 6.15. The van der Waals surface area contributed by atoms with Crippen molar-refractivity contribution in [2.24, 2.45) is 0 Å². The van der Waals surface area contributed by atoms with E-state index in [-0.39, 0.29) is 16.7 Å². The Labute approximate surface area is 139 Å². The fourth-order valence-corrected chi connectivity index (χ4v) is 5.10. The van der Waals surface area contributed by atoms with Crippen LogP contribution in [0.2, 0.25) is 0 Å². The lowest BCUT2D eigenvalue weighted by atomic mass is 10.2. The monoisotopic (exact) mass is 349 g/mol. The molecule has 0 aliphatic carbocycles. The predicted molar refractivity (Wildman–Crippen MR) is 87.5 cm³/mol. The van der Waals surface area contributed by atoms with Crippen LogP contribution in [0, 0.1) is 5.82 Å². The van der Waals surface area contributed by atoms with Crippen LogP contribution in [-0.4, -0.2) is 39.6 Å². The van der Waals surface area contributed by atoms with Gasteiger partial charge in [-0.3, -0.25) is 9.29 Å². The maximum Gasteiger partial charge on any atom is 0.264 e. The molecule has 2 bridgehead atoms. The minimum atomic E-state index is -3.87. The molecule has 1 saturated heterocycles. The normalized spacial score (nSPS) is 19.3. The molecule has 0 spiro atoms. The Morgan fingerprint density at radius 1 is 1.29 bits per heavy atom. The highest BCUT2D eigenvalue weighted by molar-refractivity contribution is 7.92. The Bertz CT molecular complexity index is 903. The van der Waals surface area contributed by atoms with E-state index >= 15 is 0 Å². The lowest BCUT2D eigenvalue weighted by Gasteiger charge is -2.37. The zero-order chi connectivity index (χ0) is 16.9. The highest BCUT2D eigenvalue weighted by Crippen LogP contribution is 2.42. The number of methoxy groups -OCH3 is 1. The molecule has 1 aromatic carbocycles. The van der Waals surface area contributed by atoms with Crippen LogP contribution in [0.3, 0.4) is 0 Å². The summed E-state index contributed by atoms with van der Waals surface area (Å²) in [5.74, 6) is -0.678. The number of pyridine rings is 1. The van der Waals surface area contributed by atoms with E-state index in [2.05, 4.69) is 9.88 Å². The summed E-state index contributed by atoms with van der Waals surface area (Å²) in [6.45, 7) is 1.41. The summed E-state index contributed by atoms with van der Waals surface area (Å²) >= 11 is 0. The Morgan fingerprint density at radius 3 is 2.88 bits per heavy atom. The molecule has 2 aliphatic heterocycles. The first kappa shape index (κ1) is 15.2. The minimum absolute atomic E-state index is 0.0178. The van der Waals surface area contributed by atoms with E-state index < -0.39 is 15.8 Å². The van der Waals surface area contributed by atoms with Crippen molar-refractivity contribution in [3.05, 3.63) is 42.5 Å². The molecule has 0 radical (unpaired) electrons. The molecule has 3 heterocycles. The summed E-state index contributed by atoms with van der Waals surface area (Å²) in [5, 5.41) is 0. The second-order valence-corrected chi connectivity index (χ2v) is 7.67. The number of fused-ring (bicyclic) bond motifs is 4. The van der Waals surface area contributed by atoms with E-state index in [9.17, 15) is 12.8 Å². The number of sulfonamides is 1. The Hall–Kier alpha value is -2.35. The predicted octanol–water partition coefficient (Wildman–Crippen LogP) is 2.02. The van der Waals surface area contributed by atoms with E-state index in [1.165, 1.54) is 23.5 Å². The maximum absolute atomic E-state index is 14.0. The highest BCUT2D eigenvalue weighted by atomic mass is 32.2. The highest BCUT2D eigenvalue weighted by Gasteiger charge is 2.42. The molecule has 4 rings (SSSR count). The SMILES string of the molecule is COc1ccc(S(=O)(=O)N2c3ccncc3N3CCC2C3)cc1F. The number of hydrogen-bond acceptors (Lipinski definition) is 5. The van der Waals surface area contributed by atoms with E-state index in [1.807, 2.05) is 0 Å². The van der Waals surface area contributed by atoms with Gasteiger partial charge in [0.2, 0.25) is 0 Å². The molecule has 0 saturated carbocycles. The number of nitrogens with zero attached hydrogens (tertiary/aromatic N) is 3. The number of aromatic nitrogens is 1. The van der Waals surface area contributed by atoms with Crippen LogP contribution in [-0.2, 0) is 10.0 Å². The summed E-state index contributed by atoms with van der Waals surface area (Å²) < 4.78 is 46.6. The van der Waals surface area contributed by atoms with Crippen LogP contribution in [0.25, 0.3) is 0 Å². The molecule has 2 aromatic rings. The van der Waals surface area contributed by atoms with Gasteiger partial charge < -0.3 is 9.64 Å². The van der Waals surface area contributed by atoms with Gasteiger partial charge in [-0.2, -0.15) is 0 Å². The Morgan fingerprint density at radius 2 is 2.12 bits per heavy atom. The molecule has 0 amide bonds. The molecule has 1 atom stereocenters. The molecular weight excluding hydrogens is 333 g/mol. The Kier molecular flexibility index (Phi) is 3.38. The van der Waals surface area contributed by atoms with Gasteiger partial charge in [0, 0.05) is 19.3 Å². The number of benzene rings is 1. The first-order valence-electron chi connectivity index (χ1n) is 7.59. The Balaban J connectivity index is 1.84. The van der Waals surface area contributed by atoms with Gasteiger partial charge in [0.1, 0.15) is 0 Å². The fraction of sp³-hybridized carbons (Fsp3) is 0.312. The number of hydrogen-bond donors (Lipinski definition) is 0. The zero-order valence-corrected chi connectivity index (χ0v) is 13.8. The lowest BCUT2D eigenvalue weighted by Crippen LogP contribution is -2.45. The smallest absolute Gasteiger partial charge is 0.264 e. The van der Waals surface area contributed by atoms with Crippen LogP contribution in [0.15, 0.2) is 41.6 Å². The molecule has 1 fully saturated rings. The molecule has 1 aromatic heterocycles. The maximum atomic E-state index is 14.0. The molecule has 0 N–H and O–H groups in total. The topological polar surface area (TPSA) is 62.7 Å². The standard InChI is InChI=1S/C16H16FN3O3S/c1-23-16-3-2-12(8-13(16)17)24(21,22)20-11-5-7-19(10-11)15-9-18-6-4-14(15)20/h2-4,6,8-9,11H,5,7,10H2,1H3. The van der Waals surface area contributed by atoms with Crippen LogP contribution < -0.4 is 13.9 Å². The number of rotatable bonds is 3. The summed E-state index contributed by atoms with van der Waals surface area (Å²) in [5.41, 5.74) is 1.39. The van der Waals surface area contributed by atoms with Crippen LogP contribution >= 0.6 is 0 Å². The third-order valence-corrected chi connectivity index (χ3v) is 6.39. The van der Waals surface area contributed by atoms with Crippen molar-refractivity contribution >= 4 is 21.4 Å². The van der Waals surface area contributed by atoms with Crippen molar-refractivity contribution in [1.82, 2.24) is 4.98 Å². The fourth-order valence-electron chi connectivity index (χ4n) is 3.40. The largest absolute Gasteiger partial charge is 0.494 e. The van der Waals surface area contributed by atoms with Gasteiger partial charge in [0.25, 0.3) is 10.0 Å². The summed E-state index contributed by atoms with van der Waals surface area (Å²) in [6.07, 6.45) is 3.97. The lowest BCUT2D eigenvalue weighted by molar-refractivity contribution is 0.385. The van der Waals surface area contributed by atoms with Gasteiger partial charge in [0.05, 0.1) is 35.6 Å². The van der Waals surface area contributed by atoms with Crippen molar-refractivity contribution in [3.63, 3.8) is 0 Å². The quantitative estimate of drug-likeness (QED) is 0.848. The molecule has 6 nitrogen and oxygen atoms in total. The summed E-state index contributed by atoms with van der Waals surface area (Å²) in [7, 11) is -2.53. The van der Waals surface area contributed by atoms with Gasteiger partial charge >= 0.3 is 0 Å². The first-order valence-corrected chi connectivity index (χ1v) is 9.03. The average molecular weight is 349 g/mol. The molecular formula is C16H16FN3O3S. The molecule has 8 heteroatoms. The average Bonchev–Trinajstić information content (AvgIpc) is 2.99. The second kappa shape index (κ2) is 5.34. The van der Waals surface area contributed by atoms with Crippen LogP contribution in [0.5, 0.6) is 5.75 Å². The van der Waals surface area contributed by atoms with Crippen molar-refractivity contribution < 1.29 is 17.5 Å². The van der Waals surface area contributed by atoms with Gasteiger partial charge in [-0.25, -0.2) is 12.8 Å². The van der Waals surface area contributed by atoms with Gasteiger partial charge in [-0.1, -0.05) is 0 Å². The minimum Gasteiger partial charge on any atom is -0.494 e.